The van der Waals surface area contributed by atoms with E-state index in [2.05, 4.69) is 55.6 Å². The van der Waals surface area contributed by atoms with Gasteiger partial charge in [0.25, 0.3) is 0 Å². The van der Waals surface area contributed by atoms with E-state index in [0.717, 1.165) is 64.2 Å². The van der Waals surface area contributed by atoms with Gasteiger partial charge in [0, 0.05) is 6.42 Å². The van der Waals surface area contributed by atoms with Crippen molar-refractivity contribution in [3.8, 4) is 0 Å². The van der Waals surface area contributed by atoms with Crippen molar-refractivity contribution in [2.75, 3.05) is 13.2 Å². The van der Waals surface area contributed by atoms with Crippen molar-refractivity contribution < 1.29 is 39.8 Å². The van der Waals surface area contributed by atoms with Crippen LogP contribution in [0, 0.1) is 0 Å². The summed E-state index contributed by atoms with van der Waals surface area (Å²) in [4.78, 5) is 13.0. The molecule has 0 bridgehead atoms. The third kappa shape index (κ3) is 31.3. The zero-order chi connectivity index (χ0) is 43.7. The van der Waals surface area contributed by atoms with Crippen molar-refractivity contribution in [1.29, 1.82) is 0 Å². The lowest BCUT2D eigenvalue weighted by Gasteiger charge is -2.40. The molecule has 60 heavy (non-hydrogen) atoms. The van der Waals surface area contributed by atoms with E-state index >= 15 is 0 Å². The number of amides is 1. The summed E-state index contributed by atoms with van der Waals surface area (Å²) in [7, 11) is 0. The van der Waals surface area contributed by atoms with Gasteiger partial charge in [-0.2, -0.15) is 0 Å². The van der Waals surface area contributed by atoms with Gasteiger partial charge in [-0.3, -0.25) is 4.79 Å². The van der Waals surface area contributed by atoms with Gasteiger partial charge in [0.15, 0.2) is 6.29 Å². The highest BCUT2D eigenvalue weighted by molar-refractivity contribution is 5.76. The van der Waals surface area contributed by atoms with Crippen LogP contribution in [0.25, 0.3) is 0 Å². The van der Waals surface area contributed by atoms with Gasteiger partial charge in [0.05, 0.1) is 25.4 Å². The molecular formula is C51H95NO8. The first-order valence-corrected chi connectivity index (χ1v) is 25.2. The van der Waals surface area contributed by atoms with E-state index in [0.29, 0.717) is 12.8 Å². The predicted octanol–water partition coefficient (Wildman–Crippen LogP) is 11.2. The number of rotatable bonds is 42. The molecule has 1 heterocycles. The summed E-state index contributed by atoms with van der Waals surface area (Å²) in [6, 6.07) is -0.726. The summed E-state index contributed by atoms with van der Waals surface area (Å²) in [5.74, 6) is -0.156. The van der Waals surface area contributed by atoms with Crippen molar-refractivity contribution in [3.63, 3.8) is 0 Å². The standard InChI is InChI=1S/C51H95NO8/c1-3-5-7-9-11-13-15-17-19-21-23-25-27-29-31-33-35-37-39-41-47(55)52-44(43-59-51-50(58)49(57)48(56)46(42-53)60-51)45(54)40-38-36-34-32-30-28-26-24-22-20-18-16-14-12-10-8-6-4-2/h11,13,17,19,23,25,44-46,48-51,53-54,56-58H,3-10,12,14-16,18,20-22,24,26-43H2,1-2H3,(H,52,55)/b13-11-,19-17-,25-23-. The Kier molecular flexibility index (Phi) is 39.0. The minimum absolute atomic E-state index is 0.143. The number of aliphatic hydroxyl groups is 5. The molecule has 1 aliphatic rings. The average Bonchev–Trinajstić information content (AvgIpc) is 3.25. The van der Waals surface area contributed by atoms with E-state index in [1.807, 2.05) is 0 Å². The SMILES string of the molecule is CCCCC/C=C\C/C=C\C/C=C\CCCCCCCCC(=O)NC(COC1OC(CO)C(O)C(O)C1O)C(O)CCCCCCCCCCCCCCCCCCCC. The maximum Gasteiger partial charge on any atom is 0.220 e. The molecule has 0 aliphatic carbocycles. The first-order chi connectivity index (χ1) is 29.3. The Morgan fingerprint density at radius 2 is 0.983 bits per heavy atom. The summed E-state index contributed by atoms with van der Waals surface area (Å²) < 4.78 is 11.3. The second-order valence-electron chi connectivity index (χ2n) is 17.6. The molecule has 7 unspecified atom stereocenters. The van der Waals surface area contributed by atoms with Crippen LogP contribution in [0.15, 0.2) is 36.5 Å². The summed E-state index contributed by atoms with van der Waals surface area (Å²) in [6.07, 6.45) is 44.3. The van der Waals surface area contributed by atoms with E-state index in [-0.39, 0.29) is 12.5 Å². The molecule has 1 amide bonds. The van der Waals surface area contributed by atoms with Crippen LogP contribution in [0.5, 0.6) is 0 Å². The third-order valence-corrected chi connectivity index (χ3v) is 12.0. The van der Waals surface area contributed by atoms with Gasteiger partial charge in [0.1, 0.15) is 24.4 Å². The van der Waals surface area contributed by atoms with Crippen LogP contribution in [0.2, 0.25) is 0 Å². The van der Waals surface area contributed by atoms with Crippen LogP contribution < -0.4 is 5.32 Å². The zero-order valence-electron chi connectivity index (χ0n) is 38.7. The van der Waals surface area contributed by atoms with E-state index in [9.17, 15) is 30.3 Å². The average molecular weight is 850 g/mol. The van der Waals surface area contributed by atoms with Gasteiger partial charge in [-0.15, -0.1) is 0 Å². The monoisotopic (exact) mass is 850 g/mol. The van der Waals surface area contributed by atoms with Gasteiger partial charge in [-0.05, 0) is 51.4 Å². The van der Waals surface area contributed by atoms with Gasteiger partial charge in [0.2, 0.25) is 5.91 Å². The van der Waals surface area contributed by atoms with Crippen molar-refractivity contribution >= 4 is 5.91 Å². The number of hydrogen-bond acceptors (Lipinski definition) is 8. The lowest BCUT2D eigenvalue weighted by molar-refractivity contribution is -0.302. The minimum atomic E-state index is -1.56. The van der Waals surface area contributed by atoms with Crippen LogP contribution in [-0.2, 0) is 14.3 Å². The summed E-state index contributed by atoms with van der Waals surface area (Å²) >= 11 is 0. The zero-order valence-corrected chi connectivity index (χ0v) is 38.7. The molecule has 0 spiro atoms. The molecule has 352 valence electrons. The molecule has 0 aromatic rings. The first kappa shape index (κ1) is 56.4. The lowest BCUT2D eigenvalue weighted by Crippen LogP contribution is -2.60. The van der Waals surface area contributed by atoms with Crippen LogP contribution in [0.3, 0.4) is 0 Å². The van der Waals surface area contributed by atoms with Gasteiger partial charge in [-0.1, -0.05) is 204 Å². The molecule has 7 atom stereocenters. The van der Waals surface area contributed by atoms with Crippen molar-refractivity contribution in [2.24, 2.45) is 0 Å². The van der Waals surface area contributed by atoms with Crippen LogP contribution in [0.4, 0.5) is 0 Å². The van der Waals surface area contributed by atoms with Crippen LogP contribution in [0.1, 0.15) is 226 Å². The second-order valence-corrected chi connectivity index (χ2v) is 17.6. The number of nitrogens with one attached hydrogen (secondary N) is 1. The molecule has 0 radical (unpaired) electrons. The molecule has 9 heteroatoms. The molecule has 1 fully saturated rings. The lowest BCUT2D eigenvalue weighted by atomic mass is 9.99. The Labute approximate surface area is 368 Å². The number of unbranched alkanes of at least 4 members (excludes halogenated alkanes) is 26. The predicted molar refractivity (Wildman–Crippen MR) is 249 cm³/mol. The number of carbonyl (C=O) groups is 1. The fraction of sp³-hybridized carbons (Fsp3) is 0.863. The minimum Gasteiger partial charge on any atom is -0.394 e. The highest BCUT2D eigenvalue weighted by Gasteiger charge is 2.44. The van der Waals surface area contributed by atoms with E-state index in [1.165, 1.54) is 135 Å². The molecule has 0 aromatic heterocycles. The number of aliphatic hydroxyl groups excluding tert-OH is 5. The van der Waals surface area contributed by atoms with Crippen LogP contribution in [-0.4, -0.2) is 87.5 Å². The Morgan fingerprint density at radius 3 is 1.48 bits per heavy atom. The fourth-order valence-electron chi connectivity index (χ4n) is 7.93. The van der Waals surface area contributed by atoms with Crippen molar-refractivity contribution in [3.05, 3.63) is 36.5 Å². The molecule has 1 rings (SSSR count). The number of carbonyl (C=O) groups excluding carboxylic acids is 1. The molecule has 1 saturated heterocycles. The van der Waals surface area contributed by atoms with E-state index in [1.54, 1.807) is 0 Å². The molecule has 0 aromatic carbocycles. The van der Waals surface area contributed by atoms with Crippen LogP contribution >= 0.6 is 0 Å². The third-order valence-electron chi connectivity index (χ3n) is 12.0. The highest BCUT2D eigenvalue weighted by atomic mass is 16.7. The normalized spacial score (nSPS) is 20.8. The maximum absolute atomic E-state index is 13.0. The molecule has 1 aliphatic heterocycles. The molecular weight excluding hydrogens is 755 g/mol. The summed E-state index contributed by atoms with van der Waals surface area (Å²) in [5, 5.41) is 54.5. The molecule has 6 N–H and O–H groups in total. The maximum atomic E-state index is 13.0. The smallest absolute Gasteiger partial charge is 0.220 e. The Morgan fingerprint density at radius 1 is 0.567 bits per heavy atom. The number of ether oxygens (including phenoxy) is 2. The number of hydrogen-bond donors (Lipinski definition) is 6. The fourth-order valence-corrected chi connectivity index (χ4v) is 7.93. The van der Waals surface area contributed by atoms with Gasteiger partial charge in [-0.25, -0.2) is 0 Å². The Bertz CT molecular complexity index is 1030. The topological polar surface area (TPSA) is 149 Å². The highest BCUT2D eigenvalue weighted by Crippen LogP contribution is 2.23. The largest absolute Gasteiger partial charge is 0.394 e. The second kappa shape index (κ2) is 41.4. The summed E-state index contributed by atoms with van der Waals surface area (Å²) in [6.45, 7) is 3.81. The van der Waals surface area contributed by atoms with Gasteiger partial charge >= 0.3 is 0 Å². The Hall–Kier alpha value is -1.59. The first-order valence-electron chi connectivity index (χ1n) is 25.2. The molecule has 0 saturated carbocycles. The van der Waals surface area contributed by atoms with Crippen molar-refractivity contribution in [2.45, 2.75) is 269 Å². The Balaban J connectivity index is 2.30. The molecule has 9 nitrogen and oxygen atoms in total. The van der Waals surface area contributed by atoms with E-state index < -0.39 is 49.5 Å². The van der Waals surface area contributed by atoms with Crippen molar-refractivity contribution in [1.82, 2.24) is 5.32 Å². The van der Waals surface area contributed by atoms with E-state index in [4.69, 9.17) is 9.47 Å². The quantitative estimate of drug-likeness (QED) is 0.0263. The van der Waals surface area contributed by atoms with Gasteiger partial charge < -0.3 is 40.3 Å². The number of allylic oxidation sites excluding steroid dienone is 6. The summed E-state index contributed by atoms with van der Waals surface area (Å²) in [5.41, 5.74) is 0.